The summed E-state index contributed by atoms with van der Waals surface area (Å²) in [5.74, 6) is -0.0877. The molecule has 0 saturated heterocycles. The fourth-order valence-electron chi connectivity index (χ4n) is 1.98. The summed E-state index contributed by atoms with van der Waals surface area (Å²) in [6.07, 6.45) is 3.94. The van der Waals surface area contributed by atoms with Gasteiger partial charge in [0.2, 0.25) is 0 Å². The first-order valence-electron chi connectivity index (χ1n) is 7.21. The van der Waals surface area contributed by atoms with Crippen LogP contribution < -0.4 is 16.4 Å². The summed E-state index contributed by atoms with van der Waals surface area (Å²) >= 11 is 0. The highest BCUT2D eigenvalue weighted by atomic mass is 16.2. The van der Waals surface area contributed by atoms with Crippen molar-refractivity contribution in [3.05, 3.63) is 23.8 Å². The number of aliphatic hydroxyl groups is 1. The number of amides is 1. The van der Waals surface area contributed by atoms with E-state index in [4.69, 9.17) is 10.8 Å². The van der Waals surface area contributed by atoms with Crippen LogP contribution in [0.4, 0.5) is 11.4 Å². The van der Waals surface area contributed by atoms with Crippen molar-refractivity contribution in [2.45, 2.75) is 32.6 Å². The Morgan fingerprint density at radius 3 is 2.70 bits per heavy atom. The molecule has 0 heterocycles. The van der Waals surface area contributed by atoms with Crippen molar-refractivity contribution in [1.82, 2.24) is 5.32 Å². The topological polar surface area (TPSA) is 87.4 Å². The third-order valence-corrected chi connectivity index (χ3v) is 3.03. The van der Waals surface area contributed by atoms with Gasteiger partial charge in [0.15, 0.2) is 0 Å². The molecule has 1 rings (SSSR count). The van der Waals surface area contributed by atoms with Gasteiger partial charge in [-0.05, 0) is 38.0 Å². The SMILES string of the molecule is CCNC(=O)c1ccc(N)cc1NCCCCCCO. The molecule has 5 N–H and O–H groups in total. The van der Waals surface area contributed by atoms with Crippen LogP contribution in [0.3, 0.4) is 0 Å². The standard InChI is InChI=1S/C15H25N3O2/c1-2-17-15(20)13-8-7-12(16)11-14(13)18-9-5-3-4-6-10-19/h7-8,11,18-19H,2-6,9-10,16H2,1H3,(H,17,20). The lowest BCUT2D eigenvalue weighted by Crippen LogP contribution is -2.24. The molecule has 5 nitrogen and oxygen atoms in total. The van der Waals surface area contributed by atoms with Crippen LogP contribution in [0.2, 0.25) is 0 Å². The van der Waals surface area contributed by atoms with Gasteiger partial charge in [0.25, 0.3) is 5.91 Å². The van der Waals surface area contributed by atoms with Crippen molar-refractivity contribution in [3.8, 4) is 0 Å². The Kier molecular flexibility index (Phi) is 7.50. The molecule has 0 bridgehead atoms. The van der Waals surface area contributed by atoms with Crippen LogP contribution in [-0.4, -0.2) is 30.7 Å². The maximum Gasteiger partial charge on any atom is 0.253 e. The second kappa shape index (κ2) is 9.20. The molecule has 5 heteroatoms. The molecule has 0 spiro atoms. The molecule has 1 aromatic rings. The van der Waals surface area contributed by atoms with Crippen LogP contribution >= 0.6 is 0 Å². The van der Waals surface area contributed by atoms with E-state index in [2.05, 4.69) is 10.6 Å². The third-order valence-electron chi connectivity index (χ3n) is 3.03. The summed E-state index contributed by atoms with van der Waals surface area (Å²) in [5, 5.41) is 14.8. The monoisotopic (exact) mass is 279 g/mol. The number of unbranched alkanes of at least 4 members (excludes halogenated alkanes) is 3. The van der Waals surface area contributed by atoms with Crippen LogP contribution in [-0.2, 0) is 0 Å². The molecule has 20 heavy (non-hydrogen) atoms. The largest absolute Gasteiger partial charge is 0.399 e. The van der Waals surface area contributed by atoms with Gasteiger partial charge in [-0.1, -0.05) is 12.8 Å². The van der Waals surface area contributed by atoms with E-state index in [1.807, 2.05) is 6.92 Å². The van der Waals surface area contributed by atoms with E-state index >= 15 is 0 Å². The maximum absolute atomic E-state index is 11.9. The number of hydrogen-bond donors (Lipinski definition) is 4. The Bertz CT molecular complexity index is 422. The van der Waals surface area contributed by atoms with E-state index in [9.17, 15) is 4.79 Å². The Balaban J connectivity index is 2.54. The van der Waals surface area contributed by atoms with E-state index in [1.54, 1.807) is 18.2 Å². The van der Waals surface area contributed by atoms with Crippen LogP contribution in [0, 0.1) is 0 Å². The zero-order chi connectivity index (χ0) is 14.8. The molecule has 0 aliphatic heterocycles. The predicted octanol–water partition coefficient (Wildman–Crippen LogP) is 1.98. The molecule has 0 atom stereocenters. The average Bonchev–Trinajstić information content (AvgIpc) is 2.43. The van der Waals surface area contributed by atoms with Crippen molar-refractivity contribution in [2.75, 3.05) is 30.7 Å². The Labute approximate surface area is 120 Å². The number of carbonyl (C=O) groups is 1. The Morgan fingerprint density at radius 2 is 2.00 bits per heavy atom. The third kappa shape index (κ3) is 5.48. The van der Waals surface area contributed by atoms with E-state index in [-0.39, 0.29) is 12.5 Å². The van der Waals surface area contributed by atoms with Gasteiger partial charge in [-0.25, -0.2) is 0 Å². The number of nitrogens with two attached hydrogens (primary N) is 1. The van der Waals surface area contributed by atoms with Crippen molar-refractivity contribution in [1.29, 1.82) is 0 Å². The Hall–Kier alpha value is -1.75. The van der Waals surface area contributed by atoms with Crippen molar-refractivity contribution in [3.63, 3.8) is 0 Å². The number of nitrogen functional groups attached to an aromatic ring is 1. The zero-order valence-corrected chi connectivity index (χ0v) is 12.1. The number of aliphatic hydroxyl groups excluding tert-OH is 1. The lowest BCUT2D eigenvalue weighted by Gasteiger charge is -2.12. The normalized spacial score (nSPS) is 10.3. The highest BCUT2D eigenvalue weighted by Gasteiger charge is 2.10. The minimum absolute atomic E-state index is 0.0877. The van der Waals surface area contributed by atoms with Crippen molar-refractivity contribution >= 4 is 17.3 Å². The van der Waals surface area contributed by atoms with E-state index < -0.39 is 0 Å². The second-order valence-electron chi connectivity index (χ2n) is 4.73. The summed E-state index contributed by atoms with van der Waals surface area (Å²) in [4.78, 5) is 11.9. The molecule has 0 unspecified atom stereocenters. The van der Waals surface area contributed by atoms with E-state index in [1.165, 1.54) is 0 Å². The first-order valence-corrected chi connectivity index (χ1v) is 7.21. The lowest BCUT2D eigenvalue weighted by molar-refractivity contribution is 0.0956. The minimum Gasteiger partial charge on any atom is -0.399 e. The first kappa shape index (κ1) is 16.3. The molecule has 0 aliphatic carbocycles. The number of anilines is 2. The maximum atomic E-state index is 11.9. The minimum atomic E-state index is -0.0877. The van der Waals surface area contributed by atoms with Gasteiger partial charge in [0.05, 0.1) is 5.56 Å². The van der Waals surface area contributed by atoms with Gasteiger partial charge in [0.1, 0.15) is 0 Å². The molecule has 0 aromatic heterocycles. The van der Waals surface area contributed by atoms with E-state index in [0.29, 0.717) is 17.8 Å². The highest BCUT2D eigenvalue weighted by molar-refractivity contribution is 6.00. The van der Waals surface area contributed by atoms with Gasteiger partial charge in [-0.3, -0.25) is 4.79 Å². The smallest absolute Gasteiger partial charge is 0.253 e. The van der Waals surface area contributed by atoms with E-state index in [0.717, 1.165) is 37.9 Å². The molecule has 0 aliphatic rings. The molecule has 0 saturated carbocycles. The quantitative estimate of drug-likeness (QED) is 0.411. The van der Waals surface area contributed by atoms with Crippen LogP contribution in [0.1, 0.15) is 43.0 Å². The molecule has 0 radical (unpaired) electrons. The molecular formula is C15H25N3O2. The number of hydrogen-bond acceptors (Lipinski definition) is 4. The average molecular weight is 279 g/mol. The Morgan fingerprint density at radius 1 is 1.25 bits per heavy atom. The fourth-order valence-corrected chi connectivity index (χ4v) is 1.98. The second-order valence-corrected chi connectivity index (χ2v) is 4.73. The van der Waals surface area contributed by atoms with Crippen molar-refractivity contribution < 1.29 is 9.90 Å². The summed E-state index contributed by atoms with van der Waals surface area (Å²) in [6.45, 7) is 3.54. The molecular weight excluding hydrogens is 254 g/mol. The summed E-state index contributed by atoms with van der Waals surface area (Å²) in [7, 11) is 0. The van der Waals surface area contributed by atoms with Gasteiger partial charge >= 0.3 is 0 Å². The fraction of sp³-hybridized carbons (Fsp3) is 0.533. The van der Waals surface area contributed by atoms with Gasteiger partial charge in [-0.2, -0.15) is 0 Å². The first-order chi connectivity index (χ1) is 9.69. The molecule has 1 aromatic carbocycles. The van der Waals surface area contributed by atoms with Crippen LogP contribution in [0.15, 0.2) is 18.2 Å². The summed E-state index contributed by atoms with van der Waals surface area (Å²) in [5.41, 5.74) is 7.81. The molecule has 0 fully saturated rings. The zero-order valence-electron chi connectivity index (χ0n) is 12.1. The predicted molar refractivity (Wildman–Crippen MR) is 82.9 cm³/mol. The van der Waals surface area contributed by atoms with Crippen molar-refractivity contribution in [2.24, 2.45) is 0 Å². The van der Waals surface area contributed by atoms with Crippen LogP contribution in [0.25, 0.3) is 0 Å². The summed E-state index contributed by atoms with van der Waals surface area (Å²) < 4.78 is 0. The number of benzene rings is 1. The van der Waals surface area contributed by atoms with Gasteiger partial charge in [-0.15, -0.1) is 0 Å². The van der Waals surface area contributed by atoms with Crippen LogP contribution in [0.5, 0.6) is 0 Å². The number of rotatable bonds is 9. The van der Waals surface area contributed by atoms with Gasteiger partial charge < -0.3 is 21.5 Å². The highest BCUT2D eigenvalue weighted by Crippen LogP contribution is 2.19. The lowest BCUT2D eigenvalue weighted by atomic mass is 10.1. The number of nitrogens with one attached hydrogen (secondary N) is 2. The number of carbonyl (C=O) groups excluding carboxylic acids is 1. The summed E-state index contributed by atoms with van der Waals surface area (Å²) in [6, 6.07) is 5.27. The molecule has 1 amide bonds. The van der Waals surface area contributed by atoms with Gasteiger partial charge in [0, 0.05) is 31.1 Å². The molecule has 112 valence electrons.